The Labute approximate surface area is 166 Å². The van der Waals surface area contributed by atoms with E-state index in [1.807, 2.05) is 0 Å². The second kappa shape index (κ2) is 6.85. The first-order valence-corrected chi connectivity index (χ1v) is 10.6. The molecule has 0 unspecified atom stereocenters. The predicted molar refractivity (Wildman–Crippen MR) is 111 cm³/mol. The largest absolute Gasteiger partial charge is 0.457 e. The molecule has 0 saturated carbocycles. The lowest BCUT2D eigenvalue weighted by Crippen LogP contribution is -2.09. The van der Waals surface area contributed by atoms with Crippen LogP contribution >= 0.6 is 11.6 Å². The Hall–Kier alpha value is -3.03. The highest BCUT2D eigenvalue weighted by Gasteiger charge is 2.24. The fourth-order valence-electron chi connectivity index (χ4n) is 2.95. The lowest BCUT2D eigenvalue weighted by Gasteiger charge is -2.04. The van der Waals surface area contributed by atoms with Crippen molar-refractivity contribution >= 4 is 50.6 Å². The van der Waals surface area contributed by atoms with Crippen LogP contribution in [0.25, 0.3) is 23.0 Å². The number of carbonyl (C=O) groups is 1. The van der Waals surface area contributed by atoms with Crippen molar-refractivity contribution in [2.24, 2.45) is 0 Å². The molecule has 28 heavy (non-hydrogen) atoms. The second-order valence-electron chi connectivity index (χ2n) is 6.36. The number of rotatable bonds is 4. The molecule has 0 aliphatic carbocycles. The molecular weight excluding hydrogens is 400 g/mol. The van der Waals surface area contributed by atoms with Gasteiger partial charge in [-0.2, -0.15) is 0 Å². The van der Waals surface area contributed by atoms with Crippen molar-refractivity contribution in [2.45, 2.75) is 0 Å². The van der Waals surface area contributed by atoms with Gasteiger partial charge in [0.15, 0.2) is 0 Å². The molecule has 1 amide bonds. The van der Waals surface area contributed by atoms with E-state index in [1.165, 1.54) is 0 Å². The highest BCUT2D eigenvalue weighted by Crippen LogP contribution is 2.35. The van der Waals surface area contributed by atoms with Crippen LogP contribution in [0, 0.1) is 0 Å². The van der Waals surface area contributed by atoms with Crippen molar-refractivity contribution in [1.29, 1.82) is 0 Å². The molecule has 0 saturated heterocycles. The SMILES string of the molecule is CS(=O)(=O)Nc1ccc(-c2ccc(C=C3C(=O)Nc4ccc(Cl)cc43)o2)cc1. The summed E-state index contributed by atoms with van der Waals surface area (Å²) in [4.78, 5) is 12.3. The molecule has 0 fully saturated rings. The van der Waals surface area contributed by atoms with Crippen LogP contribution in [-0.2, 0) is 14.8 Å². The Bertz CT molecular complexity index is 1210. The molecule has 1 aromatic heterocycles. The van der Waals surface area contributed by atoms with E-state index in [-0.39, 0.29) is 5.91 Å². The van der Waals surface area contributed by atoms with Crippen LogP contribution in [0.5, 0.6) is 0 Å². The van der Waals surface area contributed by atoms with Gasteiger partial charge in [-0.05, 0) is 60.7 Å². The number of sulfonamides is 1. The van der Waals surface area contributed by atoms with E-state index >= 15 is 0 Å². The van der Waals surface area contributed by atoms with Gasteiger partial charge < -0.3 is 9.73 Å². The number of benzene rings is 2. The van der Waals surface area contributed by atoms with Crippen LogP contribution < -0.4 is 10.0 Å². The van der Waals surface area contributed by atoms with Crippen LogP contribution in [0.1, 0.15) is 11.3 Å². The fraction of sp³-hybridized carbons (Fsp3) is 0.0500. The molecular formula is C20H15ClN2O4S. The Morgan fingerprint density at radius 2 is 1.82 bits per heavy atom. The maximum Gasteiger partial charge on any atom is 0.256 e. The van der Waals surface area contributed by atoms with Crippen LogP contribution in [0.15, 0.2) is 59.0 Å². The van der Waals surface area contributed by atoms with E-state index in [0.717, 1.165) is 17.4 Å². The quantitative estimate of drug-likeness (QED) is 0.617. The van der Waals surface area contributed by atoms with Crippen molar-refractivity contribution in [1.82, 2.24) is 0 Å². The van der Waals surface area contributed by atoms with Gasteiger partial charge in [-0.25, -0.2) is 8.42 Å². The summed E-state index contributed by atoms with van der Waals surface area (Å²) >= 11 is 6.04. The summed E-state index contributed by atoms with van der Waals surface area (Å²) in [5.74, 6) is 0.903. The first kappa shape index (κ1) is 18.3. The maximum atomic E-state index is 12.3. The molecule has 0 atom stereocenters. The highest BCUT2D eigenvalue weighted by atomic mass is 35.5. The second-order valence-corrected chi connectivity index (χ2v) is 8.54. The van der Waals surface area contributed by atoms with Gasteiger partial charge in [0.2, 0.25) is 10.0 Å². The molecule has 0 bridgehead atoms. The van der Waals surface area contributed by atoms with E-state index in [9.17, 15) is 13.2 Å². The van der Waals surface area contributed by atoms with E-state index in [0.29, 0.717) is 33.5 Å². The fourth-order valence-corrected chi connectivity index (χ4v) is 3.68. The molecule has 4 rings (SSSR count). The number of carbonyl (C=O) groups excluding carboxylic acids is 1. The minimum Gasteiger partial charge on any atom is -0.457 e. The Morgan fingerprint density at radius 1 is 1.07 bits per heavy atom. The molecule has 0 spiro atoms. The van der Waals surface area contributed by atoms with Crippen molar-refractivity contribution in [3.05, 3.63) is 70.9 Å². The number of halogens is 1. The Morgan fingerprint density at radius 3 is 2.54 bits per heavy atom. The van der Waals surface area contributed by atoms with Gasteiger partial charge in [-0.15, -0.1) is 0 Å². The number of fused-ring (bicyclic) bond motifs is 1. The van der Waals surface area contributed by atoms with Gasteiger partial charge in [-0.3, -0.25) is 9.52 Å². The van der Waals surface area contributed by atoms with E-state index in [2.05, 4.69) is 10.0 Å². The lowest BCUT2D eigenvalue weighted by molar-refractivity contribution is -0.110. The Balaban J connectivity index is 1.61. The van der Waals surface area contributed by atoms with Gasteiger partial charge >= 0.3 is 0 Å². The van der Waals surface area contributed by atoms with Crippen LogP contribution in [-0.4, -0.2) is 20.6 Å². The molecule has 3 aromatic rings. The summed E-state index contributed by atoms with van der Waals surface area (Å²) < 4.78 is 30.8. The van der Waals surface area contributed by atoms with Crippen LogP contribution in [0.3, 0.4) is 0 Å². The molecule has 6 nitrogen and oxygen atoms in total. The summed E-state index contributed by atoms with van der Waals surface area (Å²) in [5, 5.41) is 3.34. The average molecular weight is 415 g/mol. The summed E-state index contributed by atoms with van der Waals surface area (Å²) in [7, 11) is -3.33. The van der Waals surface area contributed by atoms with Gasteiger partial charge in [0, 0.05) is 27.5 Å². The smallest absolute Gasteiger partial charge is 0.256 e. The zero-order valence-corrected chi connectivity index (χ0v) is 16.3. The third-order valence-electron chi connectivity index (χ3n) is 4.15. The maximum absolute atomic E-state index is 12.3. The van der Waals surface area contributed by atoms with Crippen LogP contribution in [0.2, 0.25) is 5.02 Å². The van der Waals surface area contributed by atoms with Gasteiger partial charge in [0.25, 0.3) is 5.91 Å². The number of hydrogen-bond acceptors (Lipinski definition) is 4. The monoisotopic (exact) mass is 414 g/mol. The lowest BCUT2D eigenvalue weighted by atomic mass is 10.1. The molecule has 8 heteroatoms. The molecule has 2 N–H and O–H groups in total. The van der Waals surface area contributed by atoms with E-state index in [1.54, 1.807) is 60.7 Å². The number of anilines is 2. The summed E-state index contributed by atoms with van der Waals surface area (Å²) in [6.45, 7) is 0. The summed E-state index contributed by atoms with van der Waals surface area (Å²) in [5.41, 5.74) is 3.17. The van der Waals surface area contributed by atoms with E-state index < -0.39 is 10.0 Å². The number of amides is 1. The van der Waals surface area contributed by atoms with Crippen molar-refractivity contribution in [3.8, 4) is 11.3 Å². The van der Waals surface area contributed by atoms with Gasteiger partial charge in [0.1, 0.15) is 11.5 Å². The molecule has 142 valence electrons. The molecule has 2 aromatic carbocycles. The standard InChI is InChI=1S/C20H15ClN2O4S/c1-28(25,26)23-14-5-2-12(3-6-14)19-9-7-15(27-19)11-17-16-10-13(21)4-8-18(16)22-20(17)24/h2-11,23H,1H3,(H,22,24). The van der Waals surface area contributed by atoms with Crippen molar-refractivity contribution < 1.29 is 17.6 Å². The van der Waals surface area contributed by atoms with Crippen molar-refractivity contribution in [2.75, 3.05) is 16.3 Å². The third-order valence-corrected chi connectivity index (χ3v) is 4.99. The third kappa shape index (κ3) is 3.81. The van der Waals surface area contributed by atoms with Crippen molar-refractivity contribution in [3.63, 3.8) is 0 Å². The van der Waals surface area contributed by atoms with Gasteiger partial charge in [-0.1, -0.05) is 11.6 Å². The average Bonchev–Trinajstić information content (AvgIpc) is 3.20. The zero-order valence-electron chi connectivity index (χ0n) is 14.7. The number of nitrogens with one attached hydrogen (secondary N) is 2. The van der Waals surface area contributed by atoms with E-state index in [4.69, 9.17) is 16.0 Å². The number of hydrogen-bond donors (Lipinski definition) is 2. The summed E-state index contributed by atoms with van der Waals surface area (Å²) in [6.07, 6.45) is 2.76. The van der Waals surface area contributed by atoms with Gasteiger partial charge in [0.05, 0.1) is 11.8 Å². The topological polar surface area (TPSA) is 88.4 Å². The first-order chi connectivity index (χ1) is 13.3. The minimum atomic E-state index is -3.33. The normalized spacial score (nSPS) is 14.8. The molecule has 1 aliphatic rings. The highest BCUT2D eigenvalue weighted by molar-refractivity contribution is 7.92. The predicted octanol–water partition coefficient (Wildman–Crippen LogP) is 4.46. The molecule has 1 aliphatic heterocycles. The zero-order chi connectivity index (χ0) is 19.9. The molecule has 2 heterocycles. The Kier molecular flexibility index (Phi) is 4.49. The molecule has 0 radical (unpaired) electrons. The minimum absolute atomic E-state index is 0.216. The summed E-state index contributed by atoms with van der Waals surface area (Å²) in [6, 6.07) is 15.6. The first-order valence-electron chi connectivity index (χ1n) is 8.29. The van der Waals surface area contributed by atoms with Crippen LogP contribution in [0.4, 0.5) is 11.4 Å². The number of furan rings is 1.